The van der Waals surface area contributed by atoms with Gasteiger partial charge in [0.05, 0.1) is 6.42 Å². The molecular formula is C11H19NO4. The van der Waals surface area contributed by atoms with E-state index < -0.39 is 18.1 Å². The Labute approximate surface area is 95.5 Å². The number of hydrogen-bond donors (Lipinski definition) is 2. The molecule has 16 heavy (non-hydrogen) atoms. The number of hydrogen-bond acceptors (Lipinski definition) is 3. The zero-order chi connectivity index (χ0) is 12.8. The molecule has 0 unspecified atom stereocenters. The van der Waals surface area contributed by atoms with Crippen LogP contribution in [0.1, 0.15) is 27.2 Å². The SMILES string of the molecule is C=CCOC(=O)N[C@@H](CC(=O)O)C(C)(C)C. The van der Waals surface area contributed by atoms with Crippen LogP contribution in [0, 0.1) is 5.41 Å². The van der Waals surface area contributed by atoms with Gasteiger partial charge in [-0.2, -0.15) is 0 Å². The van der Waals surface area contributed by atoms with Gasteiger partial charge < -0.3 is 15.2 Å². The smallest absolute Gasteiger partial charge is 0.407 e. The number of carboxylic acids is 1. The Balaban J connectivity index is 4.37. The monoisotopic (exact) mass is 229 g/mol. The van der Waals surface area contributed by atoms with Crippen LogP contribution in [0.5, 0.6) is 0 Å². The molecule has 0 aromatic carbocycles. The predicted octanol–water partition coefficient (Wildman–Crippen LogP) is 1.79. The average molecular weight is 229 g/mol. The van der Waals surface area contributed by atoms with E-state index >= 15 is 0 Å². The second-order valence-electron chi connectivity index (χ2n) is 4.55. The summed E-state index contributed by atoms with van der Waals surface area (Å²) in [5, 5.41) is 11.3. The Morgan fingerprint density at radius 1 is 1.50 bits per heavy atom. The lowest BCUT2D eigenvalue weighted by Gasteiger charge is -2.29. The topological polar surface area (TPSA) is 75.6 Å². The average Bonchev–Trinajstić information content (AvgIpc) is 2.11. The van der Waals surface area contributed by atoms with Crippen LogP contribution in [0.2, 0.25) is 0 Å². The summed E-state index contributed by atoms with van der Waals surface area (Å²) < 4.78 is 4.74. The van der Waals surface area contributed by atoms with Gasteiger partial charge in [-0.1, -0.05) is 33.4 Å². The third-order valence-corrected chi connectivity index (χ3v) is 2.05. The van der Waals surface area contributed by atoms with E-state index in [2.05, 4.69) is 11.9 Å². The molecule has 0 radical (unpaired) electrons. The first-order valence-corrected chi connectivity index (χ1v) is 5.03. The van der Waals surface area contributed by atoms with Crippen LogP contribution in [0.3, 0.4) is 0 Å². The van der Waals surface area contributed by atoms with Gasteiger partial charge in [0.15, 0.2) is 0 Å². The minimum Gasteiger partial charge on any atom is -0.481 e. The molecule has 0 rings (SSSR count). The van der Waals surface area contributed by atoms with Gasteiger partial charge in [0.1, 0.15) is 6.61 Å². The molecule has 0 saturated carbocycles. The first-order valence-electron chi connectivity index (χ1n) is 5.03. The van der Waals surface area contributed by atoms with Crippen molar-refractivity contribution in [3.05, 3.63) is 12.7 Å². The molecule has 1 atom stereocenters. The Hall–Kier alpha value is -1.52. The number of amides is 1. The predicted molar refractivity (Wildman–Crippen MR) is 60.2 cm³/mol. The van der Waals surface area contributed by atoms with Crippen LogP contribution < -0.4 is 5.32 Å². The summed E-state index contributed by atoms with van der Waals surface area (Å²) in [5.41, 5.74) is -0.342. The van der Waals surface area contributed by atoms with Crippen molar-refractivity contribution >= 4 is 12.1 Å². The third-order valence-electron chi connectivity index (χ3n) is 2.05. The van der Waals surface area contributed by atoms with Crippen molar-refractivity contribution < 1.29 is 19.4 Å². The van der Waals surface area contributed by atoms with Crippen molar-refractivity contribution in [3.8, 4) is 0 Å². The lowest BCUT2D eigenvalue weighted by atomic mass is 9.85. The van der Waals surface area contributed by atoms with E-state index in [1.807, 2.05) is 20.8 Å². The number of nitrogens with one attached hydrogen (secondary N) is 1. The second kappa shape index (κ2) is 6.15. The van der Waals surface area contributed by atoms with Gasteiger partial charge in [0.2, 0.25) is 0 Å². The second-order valence-corrected chi connectivity index (χ2v) is 4.55. The minimum absolute atomic E-state index is 0.107. The molecule has 0 aromatic rings. The van der Waals surface area contributed by atoms with Crippen LogP contribution >= 0.6 is 0 Å². The van der Waals surface area contributed by atoms with Crippen molar-refractivity contribution in [2.75, 3.05) is 6.61 Å². The third kappa shape index (κ3) is 6.06. The largest absolute Gasteiger partial charge is 0.481 e. The molecule has 92 valence electrons. The maximum atomic E-state index is 11.3. The van der Waals surface area contributed by atoms with E-state index in [9.17, 15) is 9.59 Å². The number of aliphatic carboxylic acids is 1. The number of rotatable bonds is 5. The zero-order valence-electron chi connectivity index (χ0n) is 9.95. The van der Waals surface area contributed by atoms with E-state index in [0.717, 1.165) is 0 Å². The fourth-order valence-corrected chi connectivity index (χ4v) is 1.07. The van der Waals surface area contributed by atoms with E-state index in [-0.39, 0.29) is 18.4 Å². The fraction of sp³-hybridized carbons (Fsp3) is 0.636. The number of carbonyl (C=O) groups excluding carboxylic acids is 1. The summed E-state index contributed by atoms with van der Waals surface area (Å²) >= 11 is 0. The number of carbonyl (C=O) groups is 2. The fourth-order valence-electron chi connectivity index (χ4n) is 1.07. The van der Waals surface area contributed by atoms with E-state index in [1.165, 1.54) is 6.08 Å². The van der Waals surface area contributed by atoms with E-state index in [0.29, 0.717) is 0 Å². The Morgan fingerprint density at radius 3 is 2.44 bits per heavy atom. The quantitative estimate of drug-likeness (QED) is 0.705. The number of carboxylic acid groups (broad SMARTS) is 1. The van der Waals surface area contributed by atoms with Gasteiger partial charge in [0.25, 0.3) is 0 Å². The van der Waals surface area contributed by atoms with E-state index in [1.54, 1.807) is 0 Å². The van der Waals surface area contributed by atoms with Crippen molar-refractivity contribution in [3.63, 3.8) is 0 Å². The Morgan fingerprint density at radius 2 is 2.06 bits per heavy atom. The Bertz CT molecular complexity index is 268. The minimum atomic E-state index is -0.955. The number of ether oxygens (including phenoxy) is 1. The maximum absolute atomic E-state index is 11.3. The van der Waals surface area contributed by atoms with Crippen LogP contribution in [0.15, 0.2) is 12.7 Å². The summed E-state index contributed by atoms with van der Waals surface area (Å²) in [6, 6.07) is -0.470. The van der Waals surface area contributed by atoms with Gasteiger partial charge in [-0.25, -0.2) is 4.79 Å². The first-order chi connectivity index (χ1) is 7.27. The summed E-state index contributed by atoms with van der Waals surface area (Å²) in [6.45, 7) is 9.08. The van der Waals surface area contributed by atoms with Crippen molar-refractivity contribution in [1.82, 2.24) is 5.32 Å². The van der Waals surface area contributed by atoms with Crippen LogP contribution in [0.4, 0.5) is 4.79 Å². The van der Waals surface area contributed by atoms with Crippen molar-refractivity contribution in [1.29, 1.82) is 0 Å². The van der Waals surface area contributed by atoms with Crippen LogP contribution in [0.25, 0.3) is 0 Å². The highest BCUT2D eigenvalue weighted by molar-refractivity contribution is 5.71. The molecule has 0 aliphatic carbocycles. The van der Waals surface area contributed by atoms with Crippen molar-refractivity contribution in [2.24, 2.45) is 5.41 Å². The molecule has 1 amide bonds. The first kappa shape index (κ1) is 14.5. The highest BCUT2D eigenvalue weighted by Gasteiger charge is 2.28. The molecule has 0 saturated heterocycles. The van der Waals surface area contributed by atoms with E-state index in [4.69, 9.17) is 9.84 Å². The summed E-state index contributed by atoms with van der Waals surface area (Å²) in [7, 11) is 0. The molecular weight excluding hydrogens is 210 g/mol. The van der Waals surface area contributed by atoms with Gasteiger partial charge in [-0.15, -0.1) is 0 Å². The zero-order valence-corrected chi connectivity index (χ0v) is 9.95. The number of alkyl carbamates (subject to hydrolysis) is 1. The van der Waals surface area contributed by atoms with Crippen LogP contribution in [-0.2, 0) is 9.53 Å². The molecule has 0 spiro atoms. The molecule has 0 aliphatic heterocycles. The Kier molecular flexibility index (Phi) is 5.56. The molecule has 0 aromatic heterocycles. The normalized spacial score (nSPS) is 12.7. The molecule has 0 aliphatic rings. The molecule has 2 N–H and O–H groups in total. The highest BCUT2D eigenvalue weighted by atomic mass is 16.5. The standard InChI is InChI=1S/C11H19NO4/c1-5-6-16-10(15)12-8(7-9(13)14)11(2,3)4/h5,8H,1,6-7H2,2-4H3,(H,12,15)(H,13,14)/t8-/m0/s1. The summed E-state index contributed by atoms with van der Waals surface area (Å²) in [4.78, 5) is 21.9. The van der Waals surface area contributed by atoms with Gasteiger partial charge in [-0.05, 0) is 5.41 Å². The van der Waals surface area contributed by atoms with Crippen molar-refractivity contribution in [2.45, 2.75) is 33.2 Å². The lowest BCUT2D eigenvalue weighted by Crippen LogP contribution is -2.45. The summed E-state index contributed by atoms with van der Waals surface area (Å²) in [6.07, 6.45) is 0.691. The van der Waals surface area contributed by atoms with Gasteiger partial charge in [-0.3, -0.25) is 4.79 Å². The molecule has 5 heteroatoms. The highest BCUT2D eigenvalue weighted by Crippen LogP contribution is 2.21. The molecule has 5 nitrogen and oxygen atoms in total. The van der Waals surface area contributed by atoms with Gasteiger partial charge >= 0.3 is 12.1 Å². The summed E-state index contributed by atoms with van der Waals surface area (Å²) in [5.74, 6) is -0.955. The molecule has 0 heterocycles. The maximum Gasteiger partial charge on any atom is 0.407 e. The van der Waals surface area contributed by atoms with Gasteiger partial charge in [0, 0.05) is 6.04 Å². The lowest BCUT2D eigenvalue weighted by molar-refractivity contribution is -0.138. The molecule has 0 bridgehead atoms. The molecule has 0 fully saturated rings. The van der Waals surface area contributed by atoms with Crippen LogP contribution in [-0.4, -0.2) is 29.8 Å².